The van der Waals surface area contributed by atoms with E-state index in [0.29, 0.717) is 17.6 Å². The number of aromatic nitrogens is 5. The van der Waals surface area contributed by atoms with E-state index in [9.17, 15) is 0 Å². The first-order valence-corrected chi connectivity index (χ1v) is 20.5. The third-order valence-electron chi connectivity index (χ3n) is 12.2. The molecular weight excluding hydrogens is 747 g/mol. The molecule has 0 radical (unpaired) electrons. The van der Waals surface area contributed by atoms with Crippen LogP contribution < -0.4 is 0 Å². The van der Waals surface area contributed by atoms with Gasteiger partial charge >= 0.3 is 0 Å². The Morgan fingerprint density at radius 2 is 0.902 bits per heavy atom. The van der Waals surface area contributed by atoms with Gasteiger partial charge in [0.05, 0.1) is 27.6 Å². The van der Waals surface area contributed by atoms with Gasteiger partial charge in [-0.2, -0.15) is 9.97 Å². The van der Waals surface area contributed by atoms with Crippen molar-refractivity contribution in [1.82, 2.24) is 24.1 Å². The van der Waals surface area contributed by atoms with Gasteiger partial charge in [0.15, 0.2) is 11.6 Å². The minimum absolute atomic E-state index is 0.537. The third kappa shape index (κ3) is 5.12. The van der Waals surface area contributed by atoms with Crippen LogP contribution in [-0.2, 0) is 0 Å². The fourth-order valence-electron chi connectivity index (χ4n) is 9.42. The first-order chi connectivity index (χ1) is 30.2. The molecule has 0 bridgehead atoms. The molecule has 0 N–H and O–H groups in total. The molecule has 4 heterocycles. The Kier molecular flexibility index (Phi) is 7.21. The molecule has 0 atom stereocenters. The predicted molar refractivity (Wildman–Crippen MR) is 250 cm³/mol. The molecular formula is C55H33N5O. The predicted octanol–water partition coefficient (Wildman–Crippen LogP) is 14.1. The van der Waals surface area contributed by atoms with Gasteiger partial charge in [-0.1, -0.05) is 140 Å². The number of hydrogen-bond donors (Lipinski definition) is 0. The maximum atomic E-state index is 6.68. The van der Waals surface area contributed by atoms with E-state index in [2.05, 4.69) is 167 Å². The van der Waals surface area contributed by atoms with Crippen molar-refractivity contribution in [2.45, 2.75) is 0 Å². The van der Waals surface area contributed by atoms with Gasteiger partial charge in [0, 0.05) is 43.6 Å². The number of nitrogens with zero attached hydrogens (tertiary/aromatic N) is 5. The van der Waals surface area contributed by atoms with Crippen molar-refractivity contribution in [3.63, 3.8) is 0 Å². The number of para-hydroxylation sites is 4. The highest BCUT2D eigenvalue weighted by atomic mass is 16.3. The summed E-state index contributed by atoms with van der Waals surface area (Å²) in [4.78, 5) is 15.8. The molecule has 0 saturated carbocycles. The van der Waals surface area contributed by atoms with Crippen LogP contribution in [0.4, 0.5) is 0 Å². The van der Waals surface area contributed by atoms with Crippen LogP contribution in [0.25, 0.3) is 122 Å². The van der Waals surface area contributed by atoms with E-state index in [4.69, 9.17) is 19.4 Å². The summed E-state index contributed by atoms with van der Waals surface area (Å²) in [7, 11) is 0. The SMILES string of the molecule is c1ccc(-c2nc(-c3cc4ccccc4c4c3oc3ccccc34)nc(-n3c4ccccc4c4cc(-c5ccc6c(c5)c5ccccc5n6-c5ccccc5)ccc43)n2)cc1. The van der Waals surface area contributed by atoms with Gasteiger partial charge in [0.25, 0.3) is 0 Å². The summed E-state index contributed by atoms with van der Waals surface area (Å²) in [6.45, 7) is 0. The number of hydrogen-bond acceptors (Lipinski definition) is 4. The minimum Gasteiger partial charge on any atom is -0.455 e. The summed E-state index contributed by atoms with van der Waals surface area (Å²) in [5.74, 6) is 1.67. The molecule has 0 saturated heterocycles. The average Bonchev–Trinajstić information content (AvgIpc) is 3.99. The second-order valence-corrected chi connectivity index (χ2v) is 15.6. The Labute approximate surface area is 349 Å². The van der Waals surface area contributed by atoms with Gasteiger partial charge in [-0.25, -0.2) is 4.98 Å². The van der Waals surface area contributed by atoms with Gasteiger partial charge in [-0.15, -0.1) is 0 Å². The number of benzene rings is 9. The van der Waals surface area contributed by atoms with Crippen LogP contribution >= 0.6 is 0 Å². The average molecular weight is 780 g/mol. The zero-order valence-corrected chi connectivity index (χ0v) is 32.7. The van der Waals surface area contributed by atoms with Crippen LogP contribution in [-0.4, -0.2) is 24.1 Å². The molecule has 0 aliphatic carbocycles. The largest absolute Gasteiger partial charge is 0.455 e. The lowest BCUT2D eigenvalue weighted by molar-refractivity contribution is 0.669. The van der Waals surface area contributed by atoms with Crippen LogP contribution in [0.2, 0.25) is 0 Å². The van der Waals surface area contributed by atoms with Crippen molar-refractivity contribution >= 4 is 76.3 Å². The van der Waals surface area contributed by atoms with Crippen LogP contribution in [0, 0.1) is 0 Å². The van der Waals surface area contributed by atoms with Crippen molar-refractivity contribution in [3.05, 3.63) is 200 Å². The van der Waals surface area contributed by atoms with Crippen molar-refractivity contribution in [3.8, 4) is 45.5 Å². The normalized spacial score (nSPS) is 11.9. The minimum atomic E-state index is 0.537. The van der Waals surface area contributed by atoms with Crippen LogP contribution in [0.1, 0.15) is 0 Å². The van der Waals surface area contributed by atoms with E-state index in [1.165, 1.54) is 21.8 Å². The van der Waals surface area contributed by atoms with Gasteiger partial charge in [-0.05, 0) is 82.6 Å². The van der Waals surface area contributed by atoms with Crippen LogP contribution in [0.3, 0.4) is 0 Å². The molecule has 0 amide bonds. The van der Waals surface area contributed by atoms with Gasteiger partial charge < -0.3 is 8.98 Å². The Bertz CT molecular complexity index is 3880. The molecule has 9 aromatic carbocycles. The Hall–Kier alpha value is -8.35. The molecule has 0 spiro atoms. The molecule has 13 rings (SSSR count). The van der Waals surface area contributed by atoms with Crippen molar-refractivity contribution in [1.29, 1.82) is 0 Å². The number of fused-ring (bicyclic) bond motifs is 11. The van der Waals surface area contributed by atoms with Crippen molar-refractivity contribution in [2.24, 2.45) is 0 Å². The Balaban J connectivity index is 1.03. The third-order valence-corrected chi connectivity index (χ3v) is 12.2. The maximum absolute atomic E-state index is 6.68. The van der Waals surface area contributed by atoms with E-state index in [0.717, 1.165) is 82.5 Å². The molecule has 61 heavy (non-hydrogen) atoms. The monoisotopic (exact) mass is 779 g/mol. The molecule has 0 aliphatic rings. The van der Waals surface area contributed by atoms with Crippen LogP contribution in [0.5, 0.6) is 0 Å². The summed E-state index contributed by atoms with van der Waals surface area (Å²) in [5, 5.41) is 9.02. The summed E-state index contributed by atoms with van der Waals surface area (Å²) in [6.07, 6.45) is 0. The smallest absolute Gasteiger partial charge is 0.238 e. The molecule has 13 aromatic rings. The van der Waals surface area contributed by atoms with Gasteiger partial charge in [0.1, 0.15) is 11.2 Å². The maximum Gasteiger partial charge on any atom is 0.238 e. The lowest BCUT2D eigenvalue weighted by Crippen LogP contribution is -2.06. The highest BCUT2D eigenvalue weighted by molar-refractivity contribution is 6.22. The quantitative estimate of drug-likeness (QED) is 0.175. The highest BCUT2D eigenvalue weighted by Gasteiger charge is 2.22. The summed E-state index contributed by atoms with van der Waals surface area (Å²) in [5.41, 5.74) is 11.1. The van der Waals surface area contributed by atoms with E-state index in [-0.39, 0.29) is 0 Å². The van der Waals surface area contributed by atoms with Crippen molar-refractivity contribution < 1.29 is 4.42 Å². The second-order valence-electron chi connectivity index (χ2n) is 15.6. The lowest BCUT2D eigenvalue weighted by Gasteiger charge is -2.12. The highest BCUT2D eigenvalue weighted by Crippen LogP contribution is 2.42. The first kappa shape index (κ1) is 33.6. The topological polar surface area (TPSA) is 61.7 Å². The van der Waals surface area contributed by atoms with Crippen molar-refractivity contribution in [2.75, 3.05) is 0 Å². The number of rotatable bonds is 5. The summed E-state index contributed by atoms with van der Waals surface area (Å²) < 4.78 is 11.2. The number of furan rings is 1. The molecule has 0 unspecified atom stereocenters. The molecule has 6 nitrogen and oxygen atoms in total. The standard InChI is InChI=1S/C55H33N5O/c1-3-15-34(16-4-1)53-56-54(45-33-37-17-7-8-20-39(37)51-42-23-11-14-26-50(42)61-52(45)51)58-55(57-53)60-47-25-13-10-22-41(47)44-32-36(28-30-49(44)60)35-27-29-48-43(31-35)40-21-9-12-24-46(40)59(48)38-18-5-2-6-19-38/h1-33H. The van der Waals surface area contributed by atoms with E-state index in [1.807, 2.05) is 42.5 Å². The first-order valence-electron chi connectivity index (χ1n) is 20.5. The molecule has 284 valence electrons. The molecule has 4 aromatic heterocycles. The molecule has 6 heteroatoms. The Morgan fingerprint density at radius 1 is 0.361 bits per heavy atom. The fourth-order valence-corrected chi connectivity index (χ4v) is 9.42. The van der Waals surface area contributed by atoms with Gasteiger partial charge in [-0.3, -0.25) is 4.57 Å². The summed E-state index contributed by atoms with van der Waals surface area (Å²) >= 11 is 0. The van der Waals surface area contributed by atoms with Crippen LogP contribution in [0.15, 0.2) is 205 Å². The lowest BCUT2D eigenvalue weighted by atomic mass is 10.00. The Morgan fingerprint density at radius 3 is 1.62 bits per heavy atom. The summed E-state index contributed by atoms with van der Waals surface area (Å²) in [6, 6.07) is 70.3. The van der Waals surface area contributed by atoms with Gasteiger partial charge in [0.2, 0.25) is 5.95 Å². The molecule has 0 fully saturated rings. The van der Waals surface area contributed by atoms with E-state index in [1.54, 1.807) is 0 Å². The molecule has 0 aliphatic heterocycles. The fraction of sp³-hybridized carbons (Fsp3) is 0. The van der Waals surface area contributed by atoms with E-state index >= 15 is 0 Å². The zero-order valence-electron chi connectivity index (χ0n) is 32.7. The second kappa shape index (κ2) is 13.1. The van der Waals surface area contributed by atoms with E-state index < -0.39 is 0 Å². The zero-order chi connectivity index (χ0) is 40.0.